The van der Waals surface area contributed by atoms with E-state index in [4.69, 9.17) is 9.47 Å². The van der Waals surface area contributed by atoms with Crippen LogP contribution in [-0.4, -0.2) is 40.8 Å². The molecule has 0 fully saturated rings. The van der Waals surface area contributed by atoms with Crippen molar-refractivity contribution in [3.05, 3.63) is 40.1 Å². The molecular formula is C15H16N4O5S. The second-order valence-corrected chi connectivity index (χ2v) is 5.38. The van der Waals surface area contributed by atoms with Gasteiger partial charge in [-0.15, -0.1) is 0 Å². The summed E-state index contributed by atoms with van der Waals surface area (Å²) in [7, 11) is 1.42. The maximum absolute atomic E-state index is 12.1. The van der Waals surface area contributed by atoms with Gasteiger partial charge in [0.1, 0.15) is 22.8 Å². The van der Waals surface area contributed by atoms with Gasteiger partial charge in [0.25, 0.3) is 5.69 Å². The summed E-state index contributed by atoms with van der Waals surface area (Å²) in [6, 6.07) is 4.33. The summed E-state index contributed by atoms with van der Waals surface area (Å²) in [5.41, 5.74) is 0.0466. The van der Waals surface area contributed by atoms with Crippen molar-refractivity contribution in [3.8, 4) is 5.75 Å². The average molecular weight is 364 g/mol. The van der Waals surface area contributed by atoms with E-state index in [0.717, 1.165) is 0 Å². The second kappa shape index (κ2) is 8.29. The van der Waals surface area contributed by atoms with Gasteiger partial charge in [-0.25, -0.2) is 14.8 Å². The number of ether oxygens (including phenoxy) is 2. The first-order valence-corrected chi connectivity index (χ1v) is 8.40. The molecule has 2 rings (SSSR count). The zero-order valence-corrected chi connectivity index (χ0v) is 14.6. The van der Waals surface area contributed by atoms with E-state index in [1.54, 1.807) is 19.2 Å². The molecule has 0 atom stereocenters. The van der Waals surface area contributed by atoms with Crippen molar-refractivity contribution < 1.29 is 19.2 Å². The lowest BCUT2D eigenvalue weighted by Crippen LogP contribution is -2.11. The van der Waals surface area contributed by atoms with Gasteiger partial charge in [-0.1, -0.05) is 11.8 Å². The molecule has 0 radical (unpaired) electrons. The highest BCUT2D eigenvalue weighted by Gasteiger charge is 2.20. The number of rotatable bonds is 7. The van der Waals surface area contributed by atoms with Crippen LogP contribution in [0.2, 0.25) is 0 Å². The number of anilines is 2. The van der Waals surface area contributed by atoms with Crippen molar-refractivity contribution in [3.63, 3.8) is 0 Å². The lowest BCUT2D eigenvalue weighted by atomic mass is 10.2. The number of methoxy groups -OCH3 is 1. The van der Waals surface area contributed by atoms with E-state index in [2.05, 4.69) is 15.3 Å². The molecule has 25 heavy (non-hydrogen) atoms. The molecule has 10 heteroatoms. The molecule has 0 aliphatic heterocycles. The molecule has 0 saturated carbocycles. The van der Waals surface area contributed by atoms with E-state index >= 15 is 0 Å². The van der Waals surface area contributed by atoms with Crippen LogP contribution in [0, 0.1) is 10.1 Å². The second-order valence-electron chi connectivity index (χ2n) is 4.60. The van der Waals surface area contributed by atoms with Gasteiger partial charge in [-0.3, -0.25) is 10.1 Å². The number of carbonyl (C=O) groups is 1. The van der Waals surface area contributed by atoms with Gasteiger partial charge in [0.2, 0.25) is 0 Å². The molecule has 2 aromatic rings. The van der Waals surface area contributed by atoms with Gasteiger partial charge in [0, 0.05) is 6.20 Å². The standard InChI is InChI=1S/C15H16N4O5S/c1-4-24-14(20)10-8-16-15(25-3)18-13(10)17-11-6-5-9(23-2)7-12(11)19(21)22/h5-8H,4H2,1-3H3,(H,16,17,18). The molecule has 0 saturated heterocycles. The van der Waals surface area contributed by atoms with Crippen LogP contribution >= 0.6 is 11.8 Å². The van der Waals surface area contributed by atoms with Crippen LogP contribution in [-0.2, 0) is 4.74 Å². The molecule has 0 unspecified atom stereocenters. The summed E-state index contributed by atoms with van der Waals surface area (Å²) in [5.74, 6) is -0.143. The minimum atomic E-state index is -0.617. The lowest BCUT2D eigenvalue weighted by Gasteiger charge is -2.12. The Balaban J connectivity index is 2.48. The smallest absolute Gasteiger partial charge is 0.343 e. The number of aromatic nitrogens is 2. The van der Waals surface area contributed by atoms with E-state index in [9.17, 15) is 14.9 Å². The van der Waals surface area contributed by atoms with Crippen molar-refractivity contribution in [2.75, 3.05) is 25.3 Å². The number of carbonyl (C=O) groups excluding carboxylic acids is 1. The molecule has 0 aliphatic rings. The minimum Gasteiger partial charge on any atom is -0.496 e. The van der Waals surface area contributed by atoms with Crippen molar-refractivity contribution in [1.29, 1.82) is 0 Å². The highest BCUT2D eigenvalue weighted by Crippen LogP contribution is 2.32. The average Bonchev–Trinajstić information content (AvgIpc) is 2.61. The van der Waals surface area contributed by atoms with Gasteiger partial charge >= 0.3 is 5.97 Å². The maximum atomic E-state index is 12.1. The van der Waals surface area contributed by atoms with Crippen molar-refractivity contribution in [2.24, 2.45) is 0 Å². The zero-order valence-electron chi connectivity index (χ0n) is 13.8. The van der Waals surface area contributed by atoms with Crippen LogP contribution in [0.15, 0.2) is 29.6 Å². The SMILES string of the molecule is CCOC(=O)c1cnc(SC)nc1Nc1ccc(OC)cc1[N+](=O)[O-]. The number of hydrogen-bond acceptors (Lipinski definition) is 9. The Morgan fingerprint density at radius 2 is 2.20 bits per heavy atom. The molecule has 0 amide bonds. The molecule has 1 aromatic carbocycles. The third-order valence-corrected chi connectivity index (χ3v) is 3.66. The number of nitro benzene ring substituents is 1. The number of esters is 1. The molecule has 0 spiro atoms. The van der Waals surface area contributed by atoms with Crippen LogP contribution < -0.4 is 10.1 Å². The Morgan fingerprint density at radius 3 is 2.80 bits per heavy atom. The molecule has 0 aliphatic carbocycles. The van der Waals surface area contributed by atoms with Crippen LogP contribution in [0.4, 0.5) is 17.2 Å². The van der Waals surface area contributed by atoms with Crippen LogP contribution in [0.5, 0.6) is 5.75 Å². The van der Waals surface area contributed by atoms with Gasteiger partial charge in [0.15, 0.2) is 5.16 Å². The summed E-state index contributed by atoms with van der Waals surface area (Å²) in [6.07, 6.45) is 3.10. The van der Waals surface area contributed by atoms with E-state index in [0.29, 0.717) is 10.9 Å². The topological polar surface area (TPSA) is 116 Å². The first kappa shape index (κ1) is 18.5. The summed E-state index contributed by atoms with van der Waals surface area (Å²) in [6.45, 7) is 1.86. The number of nitrogens with zero attached hydrogens (tertiary/aromatic N) is 3. The molecule has 9 nitrogen and oxygen atoms in total. The summed E-state index contributed by atoms with van der Waals surface area (Å²) >= 11 is 1.28. The molecule has 1 N–H and O–H groups in total. The van der Waals surface area contributed by atoms with E-state index < -0.39 is 10.9 Å². The lowest BCUT2D eigenvalue weighted by molar-refractivity contribution is -0.384. The zero-order chi connectivity index (χ0) is 18.4. The predicted molar refractivity (Wildman–Crippen MR) is 92.7 cm³/mol. The largest absolute Gasteiger partial charge is 0.496 e. The third-order valence-electron chi connectivity index (χ3n) is 3.10. The van der Waals surface area contributed by atoms with E-state index in [-0.39, 0.29) is 29.4 Å². The van der Waals surface area contributed by atoms with Crippen LogP contribution in [0.25, 0.3) is 0 Å². The van der Waals surface area contributed by atoms with Gasteiger partial charge < -0.3 is 14.8 Å². The summed E-state index contributed by atoms with van der Waals surface area (Å²) < 4.78 is 9.98. The monoisotopic (exact) mass is 364 g/mol. The molecule has 1 heterocycles. The number of thioether (sulfide) groups is 1. The first-order chi connectivity index (χ1) is 12.0. The van der Waals surface area contributed by atoms with Crippen molar-refractivity contribution >= 4 is 34.9 Å². The number of hydrogen-bond donors (Lipinski definition) is 1. The maximum Gasteiger partial charge on any atom is 0.343 e. The molecule has 132 valence electrons. The fourth-order valence-corrected chi connectivity index (χ4v) is 2.28. The Labute approximate surface area is 147 Å². The molecule has 1 aromatic heterocycles. The minimum absolute atomic E-state index is 0.0877. The number of benzene rings is 1. The quantitative estimate of drug-likeness (QED) is 0.260. The van der Waals surface area contributed by atoms with Crippen molar-refractivity contribution in [2.45, 2.75) is 12.1 Å². The number of nitrogens with one attached hydrogen (secondary N) is 1. The van der Waals surface area contributed by atoms with Gasteiger partial charge in [-0.2, -0.15) is 0 Å². The fraction of sp³-hybridized carbons (Fsp3) is 0.267. The van der Waals surface area contributed by atoms with Crippen LogP contribution in [0.3, 0.4) is 0 Å². The normalized spacial score (nSPS) is 10.2. The Kier molecular flexibility index (Phi) is 6.12. The summed E-state index contributed by atoms with van der Waals surface area (Å²) in [4.78, 5) is 31.1. The first-order valence-electron chi connectivity index (χ1n) is 7.17. The third kappa shape index (κ3) is 4.35. The van der Waals surface area contributed by atoms with Crippen LogP contribution in [0.1, 0.15) is 17.3 Å². The predicted octanol–water partition coefficient (Wildman–Crippen LogP) is 3.04. The van der Waals surface area contributed by atoms with Crippen molar-refractivity contribution in [1.82, 2.24) is 9.97 Å². The fourth-order valence-electron chi connectivity index (χ4n) is 1.94. The number of nitro groups is 1. The molecular weight excluding hydrogens is 348 g/mol. The highest BCUT2D eigenvalue weighted by atomic mass is 32.2. The van der Waals surface area contributed by atoms with E-state index in [1.807, 2.05) is 0 Å². The Morgan fingerprint density at radius 1 is 1.44 bits per heavy atom. The highest BCUT2D eigenvalue weighted by molar-refractivity contribution is 7.98. The van der Waals surface area contributed by atoms with E-state index in [1.165, 1.54) is 37.2 Å². The Bertz CT molecular complexity index is 799. The molecule has 0 bridgehead atoms. The summed E-state index contributed by atoms with van der Waals surface area (Å²) in [5, 5.41) is 14.5. The van der Waals surface area contributed by atoms with Gasteiger partial charge in [-0.05, 0) is 25.3 Å². The van der Waals surface area contributed by atoms with Gasteiger partial charge in [0.05, 0.1) is 24.7 Å². The Hall–Kier alpha value is -2.88.